The van der Waals surface area contributed by atoms with Crippen molar-refractivity contribution in [2.45, 2.75) is 58.2 Å². The fraction of sp³-hybridized carbons (Fsp3) is 0.625. The number of likely N-dealkylation sites (tertiary alicyclic amines) is 1. The van der Waals surface area contributed by atoms with E-state index >= 15 is 0 Å². The predicted octanol–water partition coefficient (Wildman–Crippen LogP) is 2.32. The van der Waals surface area contributed by atoms with Crippen molar-refractivity contribution in [2.75, 3.05) is 25.1 Å². The first-order valence-electron chi connectivity index (χ1n) is 11.4. The number of nitrogens with two attached hydrogens (primary N) is 1. The fourth-order valence-corrected chi connectivity index (χ4v) is 4.39. The van der Waals surface area contributed by atoms with Gasteiger partial charge in [0.2, 0.25) is 17.7 Å². The molecular formula is C24H38N4O3S. The first kappa shape index (κ1) is 26.2. The second kappa shape index (κ2) is 12.8. The van der Waals surface area contributed by atoms with Crippen molar-refractivity contribution in [2.24, 2.45) is 17.6 Å². The van der Waals surface area contributed by atoms with Gasteiger partial charge in [-0.3, -0.25) is 14.4 Å². The average Bonchev–Trinajstić information content (AvgIpc) is 2.80. The summed E-state index contributed by atoms with van der Waals surface area (Å²) >= 11 is 1.67. The highest BCUT2D eigenvalue weighted by Gasteiger charge is 2.32. The molecule has 0 radical (unpaired) electrons. The quantitative estimate of drug-likeness (QED) is 0.495. The summed E-state index contributed by atoms with van der Waals surface area (Å²) in [6.45, 7) is 6.83. The van der Waals surface area contributed by atoms with Crippen LogP contribution in [0.4, 0.5) is 0 Å². The maximum absolute atomic E-state index is 12.9. The lowest BCUT2D eigenvalue weighted by Gasteiger charge is -2.34. The van der Waals surface area contributed by atoms with Crippen molar-refractivity contribution in [3.8, 4) is 0 Å². The Kier molecular flexibility index (Phi) is 10.5. The van der Waals surface area contributed by atoms with E-state index in [1.807, 2.05) is 57.4 Å². The van der Waals surface area contributed by atoms with Crippen LogP contribution in [0.1, 0.15) is 51.6 Å². The van der Waals surface area contributed by atoms with Crippen molar-refractivity contribution in [3.63, 3.8) is 0 Å². The van der Waals surface area contributed by atoms with E-state index in [4.69, 9.17) is 5.73 Å². The Labute approximate surface area is 196 Å². The molecule has 1 heterocycles. The van der Waals surface area contributed by atoms with Crippen LogP contribution in [0.25, 0.3) is 0 Å². The normalized spacial score (nSPS) is 17.5. The smallest absolute Gasteiger partial charge is 0.243 e. The molecule has 0 bridgehead atoms. The summed E-state index contributed by atoms with van der Waals surface area (Å²) in [7, 11) is 0. The molecule has 1 aromatic carbocycles. The Bertz CT molecular complexity index is 751. The topological polar surface area (TPSA) is 105 Å². The Hall–Kier alpha value is -2.06. The number of thioether (sulfide) groups is 1. The first-order valence-corrected chi connectivity index (χ1v) is 12.8. The van der Waals surface area contributed by atoms with Crippen molar-refractivity contribution in [3.05, 3.63) is 35.9 Å². The number of hydrogen-bond donors (Lipinski definition) is 3. The maximum atomic E-state index is 12.9. The molecule has 2 rings (SSSR count). The van der Waals surface area contributed by atoms with Gasteiger partial charge < -0.3 is 21.3 Å². The summed E-state index contributed by atoms with van der Waals surface area (Å²) < 4.78 is 0. The van der Waals surface area contributed by atoms with Gasteiger partial charge in [-0.2, -0.15) is 11.8 Å². The molecule has 32 heavy (non-hydrogen) atoms. The van der Waals surface area contributed by atoms with E-state index < -0.39 is 12.1 Å². The van der Waals surface area contributed by atoms with Gasteiger partial charge in [0.1, 0.15) is 6.04 Å². The molecular weight excluding hydrogens is 424 g/mol. The van der Waals surface area contributed by atoms with Crippen LogP contribution in [-0.4, -0.2) is 59.8 Å². The zero-order valence-electron chi connectivity index (χ0n) is 19.7. The fourth-order valence-electron chi connectivity index (χ4n) is 3.90. The average molecular weight is 463 g/mol. The van der Waals surface area contributed by atoms with Crippen molar-refractivity contribution < 1.29 is 14.4 Å². The number of nitrogens with one attached hydrogen (secondary N) is 2. The van der Waals surface area contributed by atoms with Crippen LogP contribution >= 0.6 is 11.8 Å². The molecule has 0 spiro atoms. The van der Waals surface area contributed by atoms with Gasteiger partial charge in [0.05, 0.1) is 12.1 Å². The summed E-state index contributed by atoms with van der Waals surface area (Å²) in [5, 5.41) is 5.97. The van der Waals surface area contributed by atoms with Crippen LogP contribution in [0.2, 0.25) is 0 Å². The minimum atomic E-state index is -0.603. The molecule has 0 aromatic heterocycles. The van der Waals surface area contributed by atoms with Gasteiger partial charge >= 0.3 is 0 Å². The number of nitrogens with zero attached hydrogens (tertiary/aromatic N) is 1. The molecule has 1 aliphatic heterocycles. The predicted molar refractivity (Wildman–Crippen MR) is 130 cm³/mol. The van der Waals surface area contributed by atoms with E-state index in [9.17, 15) is 14.4 Å². The number of rotatable bonds is 10. The lowest BCUT2D eigenvalue weighted by atomic mass is 9.93. The molecule has 0 aliphatic carbocycles. The van der Waals surface area contributed by atoms with Crippen LogP contribution in [0.5, 0.6) is 0 Å². The van der Waals surface area contributed by atoms with E-state index in [1.165, 1.54) is 0 Å². The van der Waals surface area contributed by atoms with Gasteiger partial charge in [0.25, 0.3) is 0 Å². The van der Waals surface area contributed by atoms with Crippen molar-refractivity contribution >= 4 is 29.5 Å². The molecule has 7 nitrogen and oxygen atoms in total. The Morgan fingerprint density at radius 2 is 1.72 bits per heavy atom. The Morgan fingerprint density at radius 1 is 1.09 bits per heavy atom. The number of amides is 3. The van der Waals surface area contributed by atoms with Gasteiger partial charge in [-0.25, -0.2) is 0 Å². The highest BCUT2D eigenvalue weighted by atomic mass is 32.2. The number of piperidine rings is 1. The van der Waals surface area contributed by atoms with Gasteiger partial charge in [-0.15, -0.1) is 0 Å². The van der Waals surface area contributed by atoms with E-state index in [-0.39, 0.29) is 35.6 Å². The number of benzene rings is 1. The summed E-state index contributed by atoms with van der Waals surface area (Å²) in [4.78, 5) is 40.1. The molecule has 3 atom stereocenters. The summed E-state index contributed by atoms with van der Waals surface area (Å²) in [6.07, 6.45) is 3.82. The highest BCUT2D eigenvalue weighted by molar-refractivity contribution is 7.98. The molecule has 0 saturated carbocycles. The summed E-state index contributed by atoms with van der Waals surface area (Å²) in [5.74, 6) is 0.266. The summed E-state index contributed by atoms with van der Waals surface area (Å²) in [5.41, 5.74) is 7.03. The minimum absolute atomic E-state index is 0.0350. The van der Waals surface area contributed by atoms with Crippen LogP contribution < -0.4 is 16.4 Å². The molecule has 1 fully saturated rings. The number of carbonyl (C=O) groups is 3. The maximum Gasteiger partial charge on any atom is 0.243 e. The van der Waals surface area contributed by atoms with Crippen LogP contribution in [0.3, 0.4) is 0 Å². The summed E-state index contributed by atoms with van der Waals surface area (Å²) in [6, 6.07) is 8.52. The van der Waals surface area contributed by atoms with Gasteiger partial charge in [0, 0.05) is 19.0 Å². The molecule has 1 unspecified atom stereocenters. The lowest BCUT2D eigenvalue weighted by molar-refractivity contribution is -0.137. The number of carbonyl (C=O) groups excluding carboxylic acids is 3. The highest BCUT2D eigenvalue weighted by Crippen LogP contribution is 2.20. The third-order valence-electron chi connectivity index (χ3n) is 6.03. The SMILES string of the molecule is CSCC[C@H](N)C(=O)N1CCC(C(=O)N[C@H](C(=O)NC(C)c2ccccc2)C(C)C)CC1. The lowest BCUT2D eigenvalue weighted by Crippen LogP contribution is -2.53. The van der Waals surface area contributed by atoms with Crippen LogP contribution in [-0.2, 0) is 14.4 Å². The van der Waals surface area contributed by atoms with E-state index in [0.717, 1.165) is 11.3 Å². The standard InChI is InChI=1S/C24H38N4O3S/c1-16(2)21(23(30)26-17(3)18-8-6-5-7-9-18)27-22(29)19-10-13-28(14-11-19)24(31)20(25)12-15-32-4/h5-9,16-17,19-21H,10-15,25H2,1-4H3,(H,26,30)(H,27,29)/t17?,20-,21-/m0/s1. The van der Waals surface area contributed by atoms with E-state index in [2.05, 4.69) is 10.6 Å². The largest absolute Gasteiger partial charge is 0.348 e. The van der Waals surface area contributed by atoms with Gasteiger partial charge in [-0.1, -0.05) is 44.2 Å². The first-order chi connectivity index (χ1) is 15.2. The Balaban J connectivity index is 1.88. The third kappa shape index (κ3) is 7.52. The third-order valence-corrected chi connectivity index (χ3v) is 6.68. The van der Waals surface area contributed by atoms with E-state index in [1.54, 1.807) is 16.7 Å². The molecule has 4 N–H and O–H groups in total. The van der Waals surface area contributed by atoms with Crippen LogP contribution in [0, 0.1) is 11.8 Å². The minimum Gasteiger partial charge on any atom is -0.348 e. The van der Waals surface area contributed by atoms with Crippen molar-refractivity contribution in [1.82, 2.24) is 15.5 Å². The molecule has 1 saturated heterocycles. The molecule has 1 aliphatic rings. The zero-order chi connectivity index (χ0) is 23.7. The number of hydrogen-bond acceptors (Lipinski definition) is 5. The van der Waals surface area contributed by atoms with Crippen molar-refractivity contribution in [1.29, 1.82) is 0 Å². The second-order valence-electron chi connectivity index (χ2n) is 8.86. The molecule has 1 aromatic rings. The monoisotopic (exact) mass is 462 g/mol. The Morgan fingerprint density at radius 3 is 2.28 bits per heavy atom. The second-order valence-corrected chi connectivity index (χ2v) is 9.84. The van der Waals surface area contributed by atoms with Gasteiger partial charge in [-0.05, 0) is 49.7 Å². The molecule has 8 heteroatoms. The van der Waals surface area contributed by atoms with Crippen LogP contribution in [0.15, 0.2) is 30.3 Å². The van der Waals surface area contributed by atoms with E-state index in [0.29, 0.717) is 32.4 Å². The molecule has 178 valence electrons. The molecule has 3 amide bonds. The van der Waals surface area contributed by atoms with Gasteiger partial charge in [0.15, 0.2) is 0 Å². The zero-order valence-corrected chi connectivity index (χ0v) is 20.5.